The maximum atomic E-state index is 12.3. The molecule has 6 heteroatoms. The standard InChI is InChI=1S/C18H26N4OS/c1-4-8-18(2,19)17(23)21-15-7-5-6-14(9-15)10-22(3)11-16-12-24-13-20-16/h5-7,9,12-13H,4,8,10-11,19H2,1-3H3,(H,21,23). The molecule has 0 bridgehead atoms. The van der Waals surface area contributed by atoms with Gasteiger partial charge < -0.3 is 11.1 Å². The highest BCUT2D eigenvalue weighted by molar-refractivity contribution is 7.07. The second-order valence-corrected chi connectivity index (χ2v) is 7.19. The van der Waals surface area contributed by atoms with Crippen LogP contribution in [0.15, 0.2) is 35.2 Å². The topological polar surface area (TPSA) is 71.2 Å². The molecule has 130 valence electrons. The smallest absolute Gasteiger partial charge is 0.244 e. The Labute approximate surface area is 147 Å². The van der Waals surface area contributed by atoms with Crippen molar-refractivity contribution in [2.75, 3.05) is 12.4 Å². The van der Waals surface area contributed by atoms with E-state index >= 15 is 0 Å². The van der Waals surface area contributed by atoms with Crippen LogP contribution in [0.25, 0.3) is 0 Å². The maximum absolute atomic E-state index is 12.3. The number of hydrogen-bond acceptors (Lipinski definition) is 5. The lowest BCUT2D eigenvalue weighted by Gasteiger charge is -2.23. The first kappa shape index (κ1) is 18.6. The lowest BCUT2D eigenvalue weighted by Crippen LogP contribution is -2.48. The van der Waals surface area contributed by atoms with Crippen LogP contribution in [0.3, 0.4) is 0 Å². The first-order chi connectivity index (χ1) is 11.4. The average molecular weight is 346 g/mol. The first-order valence-corrected chi connectivity index (χ1v) is 9.10. The third-order valence-corrected chi connectivity index (χ3v) is 4.48. The molecule has 1 unspecified atom stereocenters. The van der Waals surface area contributed by atoms with Crippen LogP contribution < -0.4 is 11.1 Å². The molecule has 0 saturated carbocycles. The van der Waals surface area contributed by atoms with Crippen LogP contribution in [-0.2, 0) is 17.9 Å². The minimum absolute atomic E-state index is 0.141. The van der Waals surface area contributed by atoms with Gasteiger partial charge in [-0.1, -0.05) is 25.5 Å². The highest BCUT2D eigenvalue weighted by Gasteiger charge is 2.27. The van der Waals surface area contributed by atoms with Gasteiger partial charge in [0.1, 0.15) is 0 Å². The molecule has 0 aliphatic carbocycles. The van der Waals surface area contributed by atoms with Gasteiger partial charge in [-0.05, 0) is 38.1 Å². The molecule has 1 aromatic heterocycles. The molecule has 0 fully saturated rings. The van der Waals surface area contributed by atoms with Crippen LogP contribution in [-0.4, -0.2) is 28.4 Å². The summed E-state index contributed by atoms with van der Waals surface area (Å²) in [4.78, 5) is 18.8. The predicted octanol–water partition coefficient (Wildman–Crippen LogP) is 3.23. The van der Waals surface area contributed by atoms with E-state index in [9.17, 15) is 4.79 Å². The van der Waals surface area contributed by atoms with E-state index in [1.54, 1.807) is 18.3 Å². The number of hydrogen-bond donors (Lipinski definition) is 2. The molecular weight excluding hydrogens is 320 g/mol. The number of benzene rings is 1. The van der Waals surface area contributed by atoms with Gasteiger partial charge in [-0.3, -0.25) is 9.69 Å². The van der Waals surface area contributed by atoms with Crippen molar-refractivity contribution in [2.45, 2.75) is 45.3 Å². The van der Waals surface area contributed by atoms with Crippen molar-refractivity contribution in [1.82, 2.24) is 9.88 Å². The monoisotopic (exact) mass is 346 g/mol. The van der Waals surface area contributed by atoms with E-state index in [4.69, 9.17) is 5.73 Å². The number of thiazole rings is 1. The fraction of sp³-hybridized carbons (Fsp3) is 0.444. The Hall–Kier alpha value is -1.76. The van der Waals surface area contributed by atoms with Gasteiger partial charge in [-0.2, -0.15) is 0 Å². The van der Waals surface area contributed by atoms with Crippen molar-refractivity contribution >= 4 is 22.9 Å². The van der Waals surface area contributed by atoms with Crippen LogP contribution >= 0.6 is 11.3 Å². The quantitative estimate of drug-likeness (QED) is 0.770. The molecule has 2 aromatic rings. The summed E-state index contributed by atoms with van der Waals surface area (Å²) in [6.45, 7) is 5.39. The van der Waals surface area contributed by atoms with Crippen molar-refractivity contribution in [1.29, 1.82) is 0 Å². The summed E-state index contributed by atoms with van der Waals surface area (Å²) in [5, 5.41) is 4.99. The van der Waals surface area contributed by atoms with E-state index in [0.29, 0.717) is 6.42 Å². The minimum Gasteiger partial charge on any atom is -0.324 e. The first-order valence-electron chi connectivity index (χ1n) is 8.15. The molecule has 0 saturated heterocycles. The lowest BCUT2D eigenvalue weighted by atomic mass is 9.96. The fourth-order valence-corrected chi connectivity index (χ4v) is 3.16. The van der Waals surface area contributed by atoms with E-state index in [-0.39, 0.29) is 5.91 Å². The molecule has 0 aliphatic rings. The second-order valence-electron chi connectivity index (χ2n) is 6.47. The van der Waals surface area contributed by atoms with Gasteiger partial charge in [0.25, 0.3) is 0 Å². The molecule has 1 atom stereocenters. The van der Waals surface area contributed by atoms with Crippen molar-refractivity contribution in [2.24, 2.45) is 5.73 Å². The molecule has 24 heavy (non-hydrogen) atoms. The Morgan fingerprint density at radius 2 is 2.21 bits per heavy atom. The van der Waals surface area contributed by atoms with Gasteiger partial charge in [-0.25, -0.2) is 4.98 Å². The summed E-state index contributed by atoms with van der Waals surface area (Å²) in [7, 11) is 2.06. The summed E-state index contributed by atoms with van der Waals surface area (Å²) in [6.07, 6.45) is 1.54. The van der Waals surface area contributed by atoms with Crippen LogP contribution in [0.1, 0.15) is 37.9 Å². The average Bonchev–Trinajstić information content (AvgIpc) is 3.00. The molecule has 1 amide bonds. The third kappa shape index (κ3) is 5.40. The predicted molar refractivity (Wildman–Crippen MR) is 99.9 cm³/mol. The van der Waals surface area contributed by atoms with E-state index in [1.165, 1.54) is 0 Å². The van der Waals surface area contributed by atoms with Crippen LogP contribution in [0.5, 0.6) is 0 Å². The number of nitrogens with zero attached hydrogens (tertiary/aromatic N) is 2. The van der Waals surface area contributed by atoms with E-state index < -0.39 is 5.54 Å². The van der Waals surface area contributed by atoms with E-state index in [0.717, 1.165) is 36.5 Å². The third-order valence-electron chi connectivity index (χ3n) is 3.84. The molecule has 2 rings (SSSR count). The Bertz CT molecular complexity index is 655. The highest BCUT2D eigenvalue weighted by Crippen LogP contribution is 2.17. The highest BCUT2D eigenvalue weighted by atomic mass is 32.1. The van der Waals surface area contributed by atoms with Crippen LogP contribution in [0.2, 0.25) is 0 Å². The van der Waals surface area contributed by atoms with Gasteiger partial charge >= 0.3 is 0 Å². The van der Waals surface area contributed by atoms with E-state index in [1.807, 2.05) is 30.6 Å². The zero-order valence-electron chi connectivity index (χ0n) is 14.6. The molecule has 0 spiro atoms. The molecule has 0 aliphatic heterocycles. The molecular formula is C18H26N4OS. The largest absolute Gasteiger partial charge is 0.324 e. The summed E-state index contributed by atoms with van der Waals surface area (Å²) >= 11 is 1.61. The van der Waals surface area contributed by atoms with Gasteiger partial charge in [0, 0.05) is 24.2 Å². The number of anilines is 1. The lowest BCUT2D eigenvalue weighted by molar-refractivity contribution is -0.120. The molecule has 3 N–H and O–H groups in total. The van der Waals surface area contributed by atoms with Crippen molar-refractivity contribution in [3.05, 3.63) is 46.4 Å². The second kappa shape index (κ2) is 8.37. The number of carbonyl (C=O) groups excluding carboxylic acids is 1. The van der Waals surface area contributed by atoms with Gasteiger partial charge in [-0.15, -0.1) is 11.3 Å². The minimum atomic E-state index is -0.841. The summed E-state index contributed by atoms with van der Waals surface area (Å²) in [5.41, 5.74) is 10.1. The van der Waals surface area contributed by atoms with Gasteiger partial charge in [0.2, 0.25) is 5.91 Å². The molecule has 0 radical (unpaired) electrons. The van der Waals surface area contributed by atoms with Gasteiger partial charge in [0.05, 0.1) is 16.7 Å². The molecule has 5 nitrogen and oxygen atoms in total. The fourth-order valence-electron chi connectivity index (χ4n) is 2.61. The Balaban J connectivity index is 1.97. The molecule has 1 aromatic carbocycles. The summed E-state index contributed by atoms with van der Waals surface area (Å²) < 4.78 is 0. The Morgan fingerprint density at radius 1 is 1.42 bits per heavy atom. The Morgan fingerprint density at radius 3 is 2.88 bits per heavy atom. The number of carbonyl (C=O) groups is 1. The maximum Gasteiger partial charge on any atom is 0.244 e. The van der Waals surface area contributed by atoms with Crippen molar-refractivity contribution < 1.29 is 4.79 Å². The number of nitrogens with one attached hydrogen (secondary N) is 1. The molecule has 1 heterocycles. The zero-order valence-corrected chi connectivity index (χ0v) is 15.4. The van der Waals surface area contributed by atoms with Crippen LogP contribution in [0.4, 0.5) is 5.69 Å². The Kier molecular flexibility index (Phi) is 6.48. The normalized spacial score (nSPS) is 13.7. The van der Waals surface area contributed by atoms with E-state index in [2.05, 4.69) is 33.7 Å². The number of amides is 1. The van der Waals surface area contributed by atoms with Crippen LogP contribution in [0, 0.1) is 0 Å². The van der Waals surface area contributed by atoms with Crippen molar-refractivity contribution in [3.8, 4) is 0 Å². The number of rotatable bonds is 8. The summed E-state index contributed by atoms with van der Waals surface area (Å²) in [5.74, 6) is -0.141. The van der Waals surface area contributed by atoms with Gasteiger partial charge in [0.15, 0.2) is 0 Å². The summed E-state index contributed by atoms with van der Waals surface area (Å²) in [6, 6.07) is 7.90. The number of nitrogens with two attached hydrogens (primary N) is 1. The SMILES string of the molecule is CCCC(C)(N)C(=O)Nc1cccc(CN(C)Cc2cscn2)c1. The zero-order chi connectivity index (χ0) is 17.6. The number of aromatic nitrogens is 1. The van der Waals surface area contributed by atoms with Crippen molar-refractivity contribution in [3.63, 3.8) is 0 Å².